The second kappa shape index (κ2) is 5.55. The van der Waals surface area contributed by atoms with E-state index in [1.54, 1.807) is 13.8 Å². The summed E-state index contributed by atoms with van der Waals surface area (Å²) in [4.78, 5) is 0. The van der Waals surface area contributed by atoms with Gasteiger partial charge in [-0.15, -0.1) is 0 Å². The van der Waals surface area contributed by atoms with Gasteiger partial charge in [0.1, 0.15) is 5.75 Å². The third kappa shape index (κ3) is 3.20. The summed E-state index contributed by atoms with van der Waals surface area (Å²) >= 11 is 0. The maximum atomic E-state index is 10.3. The molecular formula is C17H21O2P. The number of aliphatic hydroxyl groups is 1. The Hall–Kier alpha value is -1.37. The molecule has 0 bridgehead atoms. The smallest absolute Gasteiger partial charge is 0.126 e. The van der Waals surface area contributed by atoms with E-state index < -0.39 is 5.60 Å². The summed E-state index contributed by atoms with van der Waals surface area (Å²) in [5.41, 5.74) is 2.08. The van der Waals surface area contributed by atoms with Crippen LogP contribution in [0.25, 0.3) is 0 Å². The van der Waals surface area contributed by atoms with E-state index in [1.165, 1.54) is 0 Å². The highest BCUT2D eigenvalue weighted by atomic mass is 31.1. The van der Waals surface area contributed by atoms with Crippen LogP contribution in [0.2, 0.25) is 0 Å². The van der Waals surface area contributed by atoms with Gasteiger partial charge < -0.3 is 10.2 Å². The molecule has 0 aromatic heterocycles. The average molecular weight is 288 g/mol. The molecule has 2 aromatic rings. The number of hydrogen-bond donors (Lipinski definition) is 2. The van der Waals surface area contributed by atoms with E-state index in [4.69, 9.17) is 0 Å². The number of benzene rings is 2. The van der Waals surface area contributed by atoms with Gasteiger partial charge in [0.25, 0.3) is 0 Å². The zero-order valence-electron chi connectivity index (χ0n) is 12.4. The van der Waals surface area contributed by atoms with Gasteiger partial charge in [0, 0.05) is 5.30 Å². The third-order valence-electron chi connectivity index (χ3n) is 3.30. The zero-order valence-corrected chi connectivity index (χ0v) is 13.4. The molecule has 2 N–H and O–H groups in total. The predicted molar refractivity (Wildman–Crippen MR) is 86.9 cm³/mol. The molecule has 3 heteroatoms. The topological polar surface area (TPSA) is 40.5 Å². The summed E-state index contributed by atoms with van der Waals surface area (Å²) in [6.07, 6.45) is 0. The van der Waals surface area contributed by atoms with Crippen LogP contribution in [0.5, 0.6) is 5.75 Å². The molecule has 0 aliphatic heterocycles. The fraction of sp³-hybridized carbons (Fsp3) is 0.294. The summed E-state index contributed by atoms with van der Waals surface area (Å²) in [5, 5.41) is 22.5. The first-order chi connectivity index (χ1) is 9.29. The molecule has 2 rings (SSSR count). The first-order valence-corrected chi connectivity index (χ1v) is 7.68. The molecule has 2 nitrogen and oxygen atoms in total. The molecule has 0 aliphatic carbocycles. The van der Waals surface area contributed by atoms with Crippen molar-refractivity contribution < 1.29 is 10.2 Å². The zero-order chi connectivity index (χ0) is 14.9. The molecule has 106 valence electrons. The highest BCUT2D eigenvalue weighted by Crippen LogP contribution is 2.27. The lowest BCUT2D eigenvalue weighted by molar-refractivity contribution is 0.0797. The second-order valence-electron chi connectivity index (χ2n) is 5.71. The van der Waals surface area contributed by atoms with Gasteiger partial charge in [-0.3, -0.25) is 0 Å². The van der Waals surface area contributed by atoms with Crippen molar-refractivity contribution in [1.82, 2.24) is 0 Å². The lowest BCUT2D eigenvalue weighted by atomic mass is 9.99. The van der Waals surface area contributed by atoms with Crippen LogP contribution in [0, 0.1) is 13.8 Å². The molecule has 1 unspecified atom stereocenters. The fourth-order valence-corrected chi connectivity index (χ4v) is 3.94. The Kier molecular flexibility index (Phi) is 4.17. The summed E-state index contributed by atoms with van der Waals surface area (Å²) in [7, 11) is 0.331. The molecule has 20 heavy (non-hydrogen) atoms. The maximum absolute atomic E-state index is 10.3. The van der Waals surface area contributed by atoms with Crippen molar-refractivity contribution >= 4 is 19.2 Å². The summed E-state index contributed by atoms with van der Waals surface area (Å²) in [5.74, 6) is 0.361. The Morgan fingerprint density at radius 3 is 2.30 bits per heavy atom. The molecule has 0 radical (unpaired) electrons. The molecule has 0 heterocycles. The van der Waals surface area contributed by atoms with Gasteiger partial charge in [0.15, 0.2) is 0 Å². The molecule has 2 aromatic carbocycles. The highest BCUT2D eigenvalue weighted by Gasteiger charge is 2.20. The Morgan fingerprint density at radius 1 is 1.00 bits per heavy atom. The quantitative estimate of drug-likeness (QED) is 0.853. The van der Waals surface area contributed by atoms with Crippen LogP contribution in [-0.4, -0.2) is 10.2 Å². The normalized spacial score (nSPS) is 12.2. The van der Waals surface area contributed by atoms with Gasteiger partial charge >= 0.3 is 0 Å². The van der Waals surface area contributed by atoms with Gasteiger partial charge in [-0.25, -0.2) is 0 Å². The van der Waals surface area contributed by atoms with Crippen molar-refractivity contribution in [3.8, 4) is 5.75 Å². The van der Waals surface area contributed by atoms with Crippen molar-refractivity contribution in [1.29, 1.82) is 0 Å². The standard InChI is InChI=1S/C17H21O2P/c1-11-9-12(2)16(18)15(10-11)20-14-8-6-5-7-13(14)17(3,4)19/h5-10,18-20H,1-4H3. The van der Waals surface area contributed by atoms with E-state index in [-0.39, 0.29) is 0 Å². The Labute approximate surface area is 122 Å². The van der Waals surface area contributed by atoms with Crippen LogP contribution in [0.1, 0.15) is 30.5 Å². The maximum Gasteiger partial charge on any atom is 0.126 e. The largest absolute Gasteiger partial charge is 0.507 e. The van der Waals surface area contributed by atoms with Crippen molar-refractivity contribution in [2.75, 3.05) is 0 Å². The summed E-state index contributed by atoms with van der Waals surface area (Å²) in [6.45, 7) is 7.52. The third-order valence-corrected chi connectivity index (χ3v) is 4.66. The number of hydrogen-bond acceptors (Lipinski definition) is 2. The lowest BCUT2D eigenvalue weighted by Gasteiger charge is -2.22. The van der Waals surface area contributed by atoms with Crippen LogP contribution < -0.4 is 10.6 Å². The SMILES string of the molecule is Cc1cc(C)c(O)c(Pc2ccccc2C(C)(C)O)c1. The van der Waals surface area contributed by atoms with Gasteiger partial charge in [-0.2, -0.15) is 0 Å². The van der Waals surface area contributed by atoms with Gasteiger partial charge in [0.05, 0.1) is 5.60 Å². The number of aromatic hydroxyl groups is 1. The molecule has 0 spiro atoms. The molecule has 0 aliphatic rings. The van der Waals surface area contributed by atoms with Crippen molar-refractivity contribution in [2.45, 2.75) is 33.3 Å². The van der Waals surface area contributed by atoms with E-state index in [2.05, 4.69) is 0 Å². The van der Waals surface area contributed by atoms with Crippen LogP contribution in [0.15, 0.2) is 36.4 Å². The Morgan fingerprint density at radius 2 is 1.65 bits per heavy atom. The lowest BCUT2D eigenvalue weighted by Crippen LogP contribution is -2.24. The first kappa shape index (κ1) is 15.0. The minimum atomic E-state index is -0.877. The number of aryl methyl sites for hydroxylation is 2. The van der Waals surface area contributed by atoms with Crippen LogP contribution >= 0.6 is 8.58 Å². The van der Waals surface area contributed by atoms with E-state index in [1.807, 2.05) is 50.2 Å². The highest BCUT2D eigenvalue weighted by molar-refractivity contribution is 7.55. The van der Waals surface area contributed by atoms with E-state index in [0.717, 1.165) is 27.3 Å². The number of phenols is 1. The van der Waals surface area contributed by atoms with Crippen molar-refractivity contribution in [2.24, 2.45) is 0 Å². The molecular weight excluding hydrogens is 267 g/mol. The molecule has 1 atom stereocenters. The van der Waals surface area contributed by atoms with Gasteiger partial charge in [-0.1, -0.05) is 38.9 Å². The molecule has 0 saturated heterocycles. The Bertz CT molecular complexity index is 627. The minimum Gasteiger partial charge on any atom is -0.507 e. The van der Waals surface area contributed by atoms with Gasteiger partial charge in [-0.05, 0) is 55.8 Å². The number of rotatable bonds is 3. The summed E-state index contributed by atoms with van der Waals surface area (Å²) < 4.78 is 0. The monoisotopic (exact) mass is 288 g/mol. The van der Waals surface area contributed by atoms with E-state index in [0.29, 0.717) is 14.3 Å². The van der Waals surface area contributed by atoms with Crippen molar-refractivity contribution in [3.63, 3.8) is 0 Å². The van der Waals surface area contributed by atoms with Crippen LogP contribution in [-0.2, 0) is 5.60 Å². The number of phenolic OH excluding ortho intramolecular Hbond substituents is 1. The summed E-state index contributed by atoms with van der Waals surface area (Å²) in [6, 6.07) is 11.9. The molecule has 0 amide bonds. The Balaban J connectivity index is 2.46. The van der Waals surface area contributed by atoms with E-state index in [9.17, 15) is 10.2 Å². The molecule has 0 saturated carbocycles. The second-order valence-corrected chi connectivity index (χ2v) is 7.03. The minimum absolute atomic E-state index is 0.331. The average Bonchev–Trinajstić information content (AvgIpc) is 2.34. The fourth-order valence-electron chi connectivity index (χ4n) is 2.33. The first-order valence-electron chi connectivity index (χ1n) is 6.68. The van der Waals surface area contributed by atoms with Crippen molar-refractivity contribution in [3.05, 3.63) is 53.1 Å². The van der Waals surface area contributed by atoms with Crippen LogP contribution in [0.3, 0.4) is 0 Å². The van der Waals surface area contributed by atoms with Crippen LogP contribution in [0.4, 0.5) is 0 Å². The van der Waals surface area contributed by atoms with Gasteiger partial charge in [0.2, 0.25) is 0 Å². The predicted octanol–water partition coefficient (Wildman–Crippen LogP) is 2.87. The molecule has 0 fully saturated rings. The van der Waals surface area contributed by atoms with E-state index >= 15 is 0 Å².